The standard InChI is InChI=1S/C27H33P.ClH/c1-16-10-19(4)25(20(5)11-16)28(26-21(6)12-17(2)13-22(26)7)27-23(8)14-18(3)15-24(27)9;/h10-15H,1-9H3;1H. The molecule has 0 N–H and O–H groups in total. The number of hydrogen-bond acceptors (Lipinski definition) is 0. The van der Waals surface area contributed by atoms with Crippen LogP contribution < -0.4 is 15.9 Å². The minimum Gasteiger partial charge on any atom is -0.147 e. The van der Waals surface area contributed by atoms with Gasteiger partial charge in [0.15, 0.2) is 0 Å². The van der Waals surface area contributed by atoms with Gasteiger partial charge in [0.25, 0.3) is 0 Å². The summed E-state index contributed by atoms with van der Waals surface area (Å²) in [6, 6.07) is 14.1. The average molecular weight is 425 g/mol. The molecule has 0 spiro atoms. The molecule has 0 saturated heterocycles. The molecule has 3 aromatic rings. The lowest BCUT2D eigenvalue weighted by Crippen LogP contribution is -2.30. The Labute approximate surface area is 184 Å². The minimum absolute atomic E-state index is 0. The fraction of sp³-hybridized carbons (Fsp3) is 0.333. The average Bonchev–Trinajstić information content (AvgIpc) is 2.51. The first-order valence-electron chi connectivity index (χ1n) is 10.1. The largest absolute Gasteiger partial charge is 0.147 e. The van der Waals surface area contributed by atoms with E-state index in [9.17, 15) is 0 Å². The van der Waals surface area contributed by atoms with Gasteiger partial charge in [0.05, 0.1) is 0 Å². The topological polar surface area (TPSA) is 0 Å². The van der Waals surface area contributed by atoms with Crippen LogP contribution in [0, 0.1) is 62.3 Å². The molecule has 0 saturated carbocycles. The van der Waals surface area contributed by atoms with Crippen molar-refractivity contribution >= 4 is 36.2 Å². The molecule has 29 heavy (non-hydrogen) atoms. The molecule has 0 amide bonds. The third-order valence-electron chi connectivity index (χ3n) is 5.58. The summed E-state index contributed by atoms with van der Waals surface area (Å²) in [6.07, 6.45) is 0. The fourth-order valence-electron chi connectivity index (χ4n) is 4.91. The van der Waals surface area contributed by atoms with Gasteiger partial charge >= 0.3 is 0 Å². The Bertz CT molecular complexity index is 856. The normalized spacial score (nSPS) is 11.0. The molecule has 3 rings (SSSR count). The Morgan fingerprint density at radius 1 is 0.379 bits per heavy atom. The van der Waals surface area contributed by atoms with Gasteiger partial charge < -0.3 is 0 Å². The Kier molecular flexibility index (Phi) is 7.37. The summed E-state index contributed by atoms with van der Waals surface area (Å²) in [5.74, 6) is 0. The van der Waals surface area contributed by atoms with E-state index in [0.717, 1.165) is 0 Å². The highest BCUT2D eigenvalue weighted by atomic mass is 35.5. The maximum absolute atomic E-state index is 2.36. The molecular weight excluding hydrogens is 391 g/mol. The molecule has 0 aliphatic carbocycles. The molecular formula is C27H34ClP. The second-order valence-corrected chi connectivity index (χ2v) is 10.6. The molecule has 0 aliphatic heterocycles. The molecule has 0 atom stereocenters. The van der Waals surface area contributed by atoms with Crippen molar-refractivity contribution < 1.29 is 0 Å². The van der Waals surface area contributed by atoms with E-state index in [1.54, 1.807) is 0 Å². The van der Waals surface area contributed by atoms with E-state index in [4.69, 9.17) is 0 Å². The van der Waals surface area contributed by atoms with Crippen LogP contribution in [-0.2, 0) is 0 Å². The van der Waals surface area contributed by atoms with Crippen molar-refractivity contribution in [3.63, 3.8) is 0 Å². The number of rotatable bonds is 3. The molecule has 0 bridgehead atoms. The predicted molar refractivity (Wildman–Crippen MR) is 135 cm³/mol. The molecule has 0 heterocycles. The molecule has 0 nitrogen and oxygen atoms in total. The molecule has 0 unspecified atom stereocenters. The van der Waals surface area contributed by atoms with Gasteiger partial charge in [0, 0.05) is 0 Å². The van der Waals surface area contributed by atoms with E-state index in [2.05, 4.69) is 98.7 Å². The van der Waals surface area contributed by atoms with Crippen molar-refractivity contribution in [2.45, 2.75) is 62.3 Å². The summed E-state index contributed by atoms with van der Waals surface area (Å²) in [4.78, 5) is 0. The maximum atomic E-state index is 2.36. The molecule has 0 aromatic heterocycles. The van der Waals surface area contributed by atoms with Crippen molar-refractivity contribution in [3.8, 4) is 0 Å². The van der Waals surface area contributed by atoms with E-state index in [1.165, 1.54) is 66.0 Å². The zero-order valence-corrected chi connectivity index (χ0v) is 21.0. The van der Waals surface area contributed by atoms with Gasteiger partial charge in [-0.15, -0.1) is 12.4 Å². The second-order valence-electron chi connectivity index (χ2n) is 8.58. The molecule has 0 fully saturated rings. The number of aryl methyl sites for hydroxylation is 9. The third kappa shape index (κ3) is 4.60. The van der Waals surface area contributed by atoms with Crippen LogP contribution in [0.2, 0.25) is 0 Å². The van der Waals surface area contributed by atoms with Crippen molar-refractivity contribution in [2.24, 2.45) is 0 Å². The number of hydrogen-bond donors (Lipinski definition) is 0. The van der Waals surface area contributed by atoms with Crippen LogP contribution >= 0.6 is 20.3 Å². The van der Waals surface area contributed by atoms with Crippen LogP contribution in [0.4, 0.5) is 0 Å². The Morgan fingerprint density at radius 2 is 0.552 bits per heavy atom. The summed E-state index contributed by atoms with van der Waals surface area (Å²) in [7, 11) is -0.608. The highest BCUT2D eigenvalue weighted by Crippen LogP contribution is 2.40. The molecule has 3 aromatic carbocycles. The summed E-state index contributed by atoms with van der Waals surface area (Å²) in [5, 5.41) is 4.60. The highest BCUT2D eigenvalue weighted by Gasteiger charge is 2.26. The third-order valence-corrected chi connectivity index (χ3v) is 9.03. The van der Waals surface area contributed by atoms with Crippen molar-refractivity contribution in [1.82, 2.24) is 0 Å². The fourth-order valence-corrected chi connectivity index (χ4v) is 8.09. The zero-order valence-electron chi connectivity index (χ0n) is 19.3. The molecule has 0 radical (unpaired) electrons. The van der Waals surface area contributed by atoms with Gasteiger partial charge in [-0.05, 0) is 120 Å². The van der Waals surface area contributed by atoms with Gasteiger partial charge in [-0.2, -0.15) is 0 Å². The second kappa shape index (κ2) is 9.03. The monoisotopic (exact) mass is 424 g/mol. The van der Waals surface area contributed by atoms with Crippen LogP contribution in [0.25, 0.3) is 0 Å². The lowest BCUT2D eigenvalue weighted by molar-refractivity contribution is 1.34. The smallest absolute Gasteiger partial charge is 0.00921 e. The van der Waals surface area contributed by atoms with Crippen molar-refractivity contribution in [2.75, 3.05) is 0 Å². The summed E-state index contributed by atoms with van der Waals surface area (Å²) in [6.45, 7) is 20.4. The van der Waals surface area contributed by atoms with Crippen LogP contribution in [0.5, 0.6) is 0 Å². The van der Waals surface area contributed by atoms with E-state index < -0.39 is 7.92 Å². The summed E-state index contributed by atoms with van der Waals surface area (Å²) >= 11 is 0. The Hall–Kier alpha value is -1.62. The number of benzene rings is 3. The van der Waals surface area contributed by atoms with Gasteiger partial charge in [0.2, 0.25) is 0 Å². The van der Waals surface area contributed by atoms with E-state index in [-0.39, 0.29) is 12.4 Å². The zero-order chi connectivity index (χ0) is 20.7. The predicted octanol–water partition coefficient (Wildman–Crippen LogP) is 6.64. The molecule has 0 aliphatic rings. The first-order valence-corrected chi connectivity index (χ1v) is 11.5. The minimum atomic E-state index is -0.608. The Morgan fingerprint density at radius 3 is 0.724 bits per heavy atom. The lowest BCUT2D eigenvalue weighted by Gasteiger charge is -2.30. The van der Waals surface area contributed by atoms with Gasteiger partial charge in [-0.25, -0.2) is 0 Å². The van der Waals surface area contributed by atoms with Crippen LogP contribution in [0.15, 0.2) is 36.4 Å². The summed E-state index contributed by atoms with van der Waals surface area (Å²) < 4.78 is 0. The van der Waals surface area contributed by atoms with Gasteiger partial charge in [-0.3, -0.25) is 0 Å². The summed E-state index contributed by atoms with van der Waals surface area (Å²) in [5.41, 5.74) is 12.6. The first kappa shape index (κ1) is 23.7. The molecule has 154 valence electrons. The van der Waals surface area contributed by atoms with Crippen LogP contribution in [0.1, 0.15) is 50.1 Å². The quantitative estimate of drug-likeness (QED) is 0.413. The van der Waals surface area contributed by atoms with Gasteiger partial charge in [-0.1, -0.05) is 53.1 Å². The van der Waals surface area contributed by atoms with E-state index in [0.29, 0.717) is 0 Å². The lowest BCUT2D eigenvalue weighted by atomic mass is 10.1. The number of halogens is 1. The van der Waals surface area contributed by atoms with E-state index in [1.807, 2.05) is 0 Å². The van der Waals surface area contributed by atoms with Crippen LogP contribution in [-0.4, -0.2) is 0 Å². The first-order chi connectivity index (χ1) is 13.1. The van der Waals surface area contributed by atoms with E-state index >= 15 is 0 Å². The van der Waals surface area contributed by atoms with Gasteiger partial charge in [0.1, 0.15) is 0 Å². The van der Waals surface area contributed by atoms with Crippen molar-refractivity contribution in [3.05, 3.63) is 86.5 Å². The highest BCUT2D eigenvalue weighted by molar-refractivity contribution is 7.80. The van der Waals surface area contributed by atoms with Crippen LogP contribution in [0.3, 0.4) is 0 Å². The maximum Gasteiger partial charge on any atom is -0.00921 e. The SMILES string of the molecule is Cc1cc(C)c(P(c2c(C)cc(C)cc2C)c2c(C)cc(C)cc2C)c(C)c1.Cl. The Balaban J connectivity index is 0.00000300. The molecule has 2 heteroatoms. The van der Waals surface area contributed by atoms with Crippen molar-refractivity contribution in [1.29, 1.82) is 0 Å².